The number of methoxy groups -OCH3 is 8. The van der Waals surface area contributed by atoms with Crippen LogP contribution in [0.5, 0.6) is 46.0 Å². The summed E-state index contributed by atoms with van der Waals surface area (Å²) in [6.45, 7) is -0.612. The molecule has 4 atom stereocenters. The Morgan fingerprint density at radius 1 is 0.295 bits per heavy atom. The Balaban J connectivity index is 1.33. The summed E-state index contributed by atoms with van der Waals surface area (Å²) in [6.07, 6.45) is 5.47. The number of ketones is 4. The highest BCUT2D eigenvalue weighted by Gasteiger charge is 2.40. The first-order valence-electron chi connectivity index (χ1n) is 30.4. The molecule has 5 aliphatic rings. The van der Waals surface area contributed by atoms with Crippen LogP contribution in [0.25, 0.3) is 0 Å². The number of carbonyl (C=O) groups is 8. The summed E-state index contributed by atoms with van der Waals surface area (Å²) >= 11 is 0. The largest absolute Gasteiger partial charge is 0.496 e. The van der Waals surface area contributed by atoms with Crippen LogP contribution in [0.3, 0.4) is 0 Å². The molecule has 0 N–H and O–H groups in total. The summed E-state index contributed by atoms with van der Waals surface area (Å²) in [4.78, 5) is 107. The van der Waals surface area contributed by atoms with E-state index in [0.717, 1.165) is 0 Å². The zero-order valence-electron chi connectivity index (χ0n) is 51.5. The average molecular weight is 1220 g/mol. The van der Waals surface area contributed by atoms with E-state index in [2.05, 4.69) is 0 Å². The summed E-state index contributed by atoms with van der Waals surface area (Å²) in [5, 5.41) is 0. The lowest BCUT2D eigenvalue weighted by atomic mass is 9.77. The standard InChI is InChI=1S/C68H80O20/c1-77-57-33-58(78-2)46-29-45(57)37(21-25-85-65(73)41-13-9-17-53(41)69)47-30-48(60(80-4)34-59(47)79-3)39(23-27-87-67(75)43-15-11-19-55(43)71)51-32-52(64(84-8)36-63(51)83-7)40(24-28-88-68(76)44-16-12-20-56(44)72)50-31-49(61(81-5)35-62(50)82-6)38(46)22-26-86-66(74)42-14-10-18-54(42)70/h29-44H,9-28H2,1-8H3. The van der Waals surface area contributed by atoms with E-state index >= 15 is 0 Å². The molecule has 0 heterocycles. The number of rotatable bonds is 24. The molecule has 0 amide bonds. The fourth-order valence-corrected chi connectivity index (χ4v) is 13.7. The maximum absolute atomic E-state index is 13.7. The quantitative estimate of drug-likeness (QED) is 0.0359. The molecule has 20 heteroatoms. The van der Waals surface area contributed by atoms with Crippen LogP contribution in [-0.2, 0) is 57.3 Å². The molecular formula is C68H80O20. The number of benzene rings is 4. The minimum Gasteiger partial charge on any atom is -0.496 e. The van der Waals surface area contributed by atoms with Crippen molar-refractivity contribution in [1.82, 2.24) is 0 Å². The van der Waals surface area contributed by atoms with Gasteiger partial charge < -0.3 is 56.8 Å². The lowest BCUT2D eigenvalue weighted by Crippen LogP contribution is -2.23. The molecule has 20 nitrogen and oxygen atoms in total. The molecule has 4 saturated carbocycles. The van der Waals surface area contributed by atoms with E-state index in [0.29, 0.717) is 168 Å². The molecule has 88 heavy (non-hydrogen) atoms. The minimum absolute atomic E-state index is 0.111. The van der Waals surface area contributed by atoms with Crippen LogP contribution in [0.15, 0.2) is 48.5 Å². The first kappa shape index (κ1) is 64.3. The molecule has 0 spiro atoms. The Morgan fingerprint density at radius 3 is 0.602 bits per heavy atom. The first-order chi connectivity index (χ1) is 42.6. The maximum Gasteiger partial charge on any atom is 0.316 e. The van der Waals surface area contributed by atoms with Crippen LogP contribution in [0.1, 0.15) is 171 Å². The summed E-state index contributed by atoms with van der Waals surface area (Å²) in [5.41, 5.74) is 4.63. The van der Waals surface area contributed by atoms with Crippen LogP contribution in [-0.4, -0.2) is 130 Å². The van der Waals surface area contributed by atoms with Crippen molar-refractivity contribution in [2.45, 2.75) is 126 Å². The van der Waals surface area contributed by atoms with Gasteiger partial charge in [-0.15, -0.1) is 0 Å². The third-order valence-corrected chi connectivity index (χ3v) is 18.3. The summed E-state index contributed by atoms with van der Waals surface area (Å²) < 4.78 is 74.4. The zero-order chi connectivity index (χ0) is 62.8. The SMILES string of the molecule is COc1cc(OC)c2cc1C(CCOC(=O)C1CCCC1=O)c1cc(c(OC)cc1OC)C(CCOC(=O)C1CCCC1=O)c1cc(c(OC)cc1OC)C(CCOC(=O)C1CCCC1=O)c1cc(c(OC)cc1OC)C2CCOC(=O)C1CCCC1=O. The van der Waals surface area contributed by atoms with Gasteiger partial charge in [0.1, 0.15) is 92.8 Å². The van der Waals surface area contributed by atoms with E-state index < -0.39 is 71.2 Å². The number of carbonyl (C=O) groups excluding carboxylic acids is 8. The van der Waals surface area contributed by atoms with Crippen LogP contribution in [0, 0.1) is 23.7 Å². The maximum atomic E-state index is 13.7. The lowest BCUT2D eigenvalue weighted by Gasteiger charge is -2.31. The molecule has 0 radical (unpaired) electrons. The molecule has 4 fully saturated rings. The molecule has 9 rings (SSSR count). The van der Waals surface area contributed by atoms with Gasteiger partial charge in [0.15, 0.2) is 0 Å². The predicted molar refractivity (Wildman–Crippen MR) is 317 cm³/mol. The fourth-order valence-electron chi connectivity index (χ4n) is 13.7. The van der Waals surface area contributed by atoms with Crippen molar-refractivity contribution in [3.63, 3.8) is 0 Å². The van der Waals surface area contributed by atoms with E-state index in [1.54, 1.807) is 24.3 Å². The van der Waals surface area contributed by atoms with Gasteiger partial charge in [0, 0.05) is 118 Å². The van der Waals surface area contributed by atoms with Gasteiger partial charge in [-0.05, 0) is 101 Å². The third kappa shape index (κ3) is 13.6. The van der Waals surface area contributed by atoms with Crippen molar-refractivity contribution >= 4 is 47.0 Å². The molecule has 4 aromatic carbocycles. The second-order valence-corrected chi connectivity index (χ2v) is 23.0. The van der Waals surface area contributed by atoms with Crippen molar-refractivity contribution < 1.29 is 95.2 Å². The Bertz CT molecular complexity index is 2750. The van der Waals surface area contributed by atoms with E-state index in [9.17, 15) is 38.4 Å². The van der Waals surface area contributed by atoms with Gasteiger partial charge in [-0.25, -0.2) is 0 Å². The number of hydrogen-bond acceptors (Lipinski definition) is 20. The molecule has 0 saturated heterocycles. The van der Waals surface area contributed by atoms with Gasteiger partial charge in [0.2, 0.25) is 0 Å². The number of Topliss-reactive ketones (excluding diaryl/α,β-unsaturated/α-hetero) is 4. The van der Waals surface area contributed by atoms with Gasteiger partial charge in [-0.2, -0.15) is 0 Å². The van der Waals surface area contributed by atoms with Crippen molar-refractivity contribution in [3.05, 3.63) is 93.0 Å². The van der Waals surface area contributed by atoms with E-state index in [1.165, 1.54) is 56.9 Å². The first-order valence-corrected chi connectivity index (χ1v) is 30.4. The van der Waals surface area contributed by atoms with Crippen molar-refractivity contribution in [2.75, 3.05) is 83.3 Å². The van der Waals surface area contributed by atoms with Gasteiger partial charge >= 0.3 is 23.9 Å². The van der Waals surface area contributed by atoms with Crippen molar-refractivity contribution in [3.8, 4) is 46.0 Å². The molecule has 5 aliphatic carbocycles. The lowest BCUT2D eigenvalue weighted by molar-refractivity contribution is -0.152. The van der Waals surface area contributed by atoms with E-state index in [1.807, 2.05) is 24.3 Å². The Labute approximate surface area is 512 Å². The van der Waals surface area contributed by atoms with Gasteiger partial charge in [0.05, 0.1) is 83.3 Å². The van der Waals surface area contributed by atoms with Crippen molar-refractivity contribution in [2.24, 2.45) is 23.7 Å². The molecule has 472 valence electrons. The third-order valence-electron chi connectivity index (χ3n) is 18.3. The normalized spacial score (nSPS) is 22.2. The molecule has 0 aromatic heterocycles. The smallest absolute Gasteiger partial charge is 0.316 e. The topological polar surface area (TPSA) is 247 Å². The van der Waals surface area contributed by atoms with E-state index in [-0.39, 0.29) is 75.2 Å². The summed E-state index contributed by atoms with van der Waals surface area (Å²) in [7, 11) is 12.2. The zero-order valence-corrected chi connectivity index (χ0v) is 51.5. The number of fused-ring (bicyclic) bond motifs is 8. The Hall–Kier alpha value is -8.16. The van der Waals surface area contributed by atoms with Crippen molar-refractivity contribution in [1.29, 1.82) is 0 Å². The van der Waals surface area contributed by atoms with Gasteiger partial charge in [-0.1, -0.05) is 0 Å². The summed E-state index contributed by atoms with van der Waals surface area (Å²) in [6, 6.07) is 14.8. The number of ether oxygens (including phenoxy) is 12. The van der Waals surface area contributed by atoms with Crippen LogP contribution in [0.4, 0.5) is 0 Å². The van der Waals surface area contributed by atoms with Gasteiger partial charge in [-0.3, -0.25) is 38.4 Å². The molecule has 8 bridgehead atoms. The fraction of sp³-hybridized carbons (Fsp3) is 0.529. The highest BCUT2D eigenvalue weighted by molar-refractivity contribution is 6.02. The minimum atomic E-state index is -0.879. The molecular weight excluding hydrogens is 1140 g/mol. The highest BCUT2D eigenvalue weighted by Crippen LogP contribution is 2.53. The van der Waals surface area contributed by atoms with Crippen LogP contribution < -0.4 is 37.9 Å². The Kier molecular flexibility index (Phi) is 21.4. The van der Waals surface area contributed by atoms with Gasteiger partial charge in [0.25, 0.3) is 0 Å². The average Bonchev–Trinajstić information content (AvgIpc) is 2.07. The monoisotopic (exact) mass is 1220 g/mol. The molecule has 4 unspecified atom stereocenters. The van der Waals surface area contributed by atoms with Crippen LogP contribution >= 0.6 is 0 Å². The van der Waals surface area contributed by atoms with Crippen LogP contribution in [0.2, 0.25) is 0 Å². The Morgan fingerprint density at radius 2 is 0.466 bits per heavy atom. The second kappa shape index (κ2) is 29.2. The number of hydrogen-bond donors (Lipinski definition) is 0. The summed E-state index contributed by atoms with van der Waals surface area (Å²) in [5.74, 6) is -6.73. The number of esters is 4. The predicted octanol–water partition coefficient (Wildman–Crippen LogP) is 9.81. The molecule has 0 aliphatic heterocycles. The highest BCUT2D eigenvalue weighted by atomic mass is 16.6. The second-order valence-electron chi connectivity index (χ2n) is 23.0. The molecule has 4 aromatic rings. The van der Waals surface area contributed by atoms with E-state index in [4.69, 9.17) is 56.8 Å².